The minimum Gasteiger partial charge on any atom is -0.492 e. The highest BCUT2D eigenvalue weighted by Crippen LogP contribution is 2.30. The molecule has 0 bridgehead atoms. The number of sulfonamides is 1. The lowest BCUT2D eigenvalue weighted by Gasteiger charge is -2.13. The maximum atomic E-state index is 12.9. The predicted octanol–water partition coefficient (Wildman–Crippen LogP) is 4.41. The third-order valence-corrected chi connectivity index (χ3v) is 7.40. The summed E-state index contributed by atoms with van der Waals surface area (Å²) in [6.07, 6.45) is 0.664. The van der Waals surface area contributed by atoms with Crippen molar-refractivity contribution < 1.29 is 13.2 Å². The van der Waals surface area contributed by atoms with Crippen molar-refractivity contribution >= 4 is 32.7 Å². The molecule has 5 nitrogen and oxygen atoms in total. The van der Waals surface area contributed by atoms with Crippen molar-refractivity contribution in [3.05, 3.63) is 50.5 Å². The topological polar surface area (TPSA) is 68.3 Å². The van der Waals surface area contributed by atoms with Crippen LogP contribution >= 0.6 is 22.7 Å². The van der Waals surface area contributed by atoms with Gasteiger partial charge < -0.3 is 4.74 Å². The fraction of sp³-hybridized carbons (Fsp3) is 0.316. The van der Waals surface area contributed by atoms with Crippen molar-refractivity contribution in [3.8, 4) is 17.0 Å². The number of thiophene rings is 1. The van der Waals surface area contributed by atoms with Gasteiger partial charge in [0.05, 0.1) is 17.3 Å². The molecule has 2 aromatic heterocycles. The molecule has 0 aliphatic rings. The number of rotatable bonds is 8. The van der Waals surface area contributed by atoms with Crippen molar-refractivity contribution in [1.29, 1.82) is 0 Å². The van der Waals surface area contributed by atoms with Gasteiger partial charge in [-0.1, -0.05) is 0 Å². The first kappa shape index (κ1) is 20.0. The molecule has 0 radical (unpaired) electrons. The maximum Gasteiger partial charge on any atom is 0.244 e. The lowest BCUT2D eigenvalue weighted by Crippen LogP contribution is -2.26. The Morgan fingerprint density at radius 3 is 2.63 bits per heavy atom. The van der Waals surface area contributed by atoms with Crippen LogP contribution in [0.1, 0.15) is 22.4 Å². The summed E-state index contributed by atoms with van der Waals surface area (Å²) in [6, 6.07) is 7.22. The molecule has 0 amide bonds. The van der Waals surface area contributed by atoms with E-state index in [0.717, 1.165) is 16.3 Å². The Labute approximate surface area is 168 Å². The van der Waals surface area contributed by atoms with Crippen LogP contribution in [0.2, 0.25) is 0 Å². The summed E-state index contributed by atoms with van der Waals surface area (Å²) >= 11 is 3.18. The van der Waals surface area contributed by atoms with Gasteiger partial charge in [0.25, 0.3) is 0 Å². The standard InChI is InChI=1S/C19H22N2O3S3/c1-4-24-17-6-5-15(16-12-26-14(3)21-16)11-19(17)27(22,23)20-9-7-18-13(2)8-10-25-18/h5-6,8,10-12,20H,4,7,9H2,1-3H3. The summed E-state index contributed by atoms with van der Waals surface area (Å²) in [5, 5.41) is 4.88. The Kier molecular flexibility index (Phi) is 6.31. The highest BCUT2D eigenvalue weighted by Gasteiger charge is 2.21. The average molecular weight is 423 g/mol. The van der Waals surface area contributed by atoms with Crippen LogP contribution in [0.15, 0.2) is 39.9 Å². The molecule has 3 rings (SSSR count). The monoisotopic (exact) mass is 422 g/mol. The van der Waals surface area contributed by atoms with E-state index in [2.05, 4.69) is 9.71 Å². The summed E-state index contributed by atoms with van der Waals surface area (Å²) in [5.74, 6) is 0.355. The summed E-state index contributed by atoms with van der Waals surface area (Å²) in [4.78, 5) is 5.79. The molecule has 3 aromatic rings. The van der Waals surface area contributed by atoms with Gasteiger partial charge in [0.15, 0.2) is 0 Å². The van der Waals surface area contributed by atoms with Crippen molar-refractivity contribution in [3.63, 3.8) is 0 Å². The molecule has 0 aliphatic heterocycles. The zero-order valence-corrected chi connectivity index (χ0v) is 17.9. The Bertz CT molecular complexity index is 1020. The second-order valence-corrected chi connectivity index (χ2v) is 9.82. The van der Waals surface area contributed by atoms with Crippen LogP contribution in [0.3, 0.4) is 0 Å². The highest BCUT2D eigenvalue weighted by molar-refractivity contribution is 7.89. The number of aryl methyl sites for hydroxylation is 2. The summed E-state index contributed by atoms with van der Waals surface area (Å²) in [6.45, 7) is 6.53. The van der Waals surface area contributed by atoms with E-state index >= 15 is 0 Å². The molecule has 1 aromatic carbocycles. The average Bonchev–Trinajstić information content (AvgIpc) is 3.24. The SMILES string of the molecule is CCOc1ccc(-c2csc(C)n2)cc1S(=O)(=O)NCCc1sccc1C. The summed E-state index contributed by atoms with van der Waals surface area (Å²) < 4.78 is 34.1. The molecule has 0 atom stereocenters. The van der Waals surface area contributed by atoms with Crippen LogP contribution in [-0.2, 0) is 16.4 Å². The third kappa shape index (κ3) is 4.76. The van der Waals surface area contributed by atoms with Crippen molar-refractivity contribution in [1.82, 2.24) is 9.71 Å². The van der Waals surface area contributed by atoms with E-state index in [-0.39, 0.29) is 4.90 Å². The largest absolute Gasteiger partial charge is 0.492 e. The van der Waals surface area contributed by atoms with Gasteiger partial charge in [0, 0.05) is 22.4 Å². The molecule has 0 aliphatic carbocycles. The van der Waals surface area contributed by atoms with Crippen LogP contribution in [0.5, 0.6) is 5.75 Å². The molecule has 0 saturated carbocycles. The first-order valence-electron chi connectivity index (χ1n) is 8.62. The first-order chi connectivity index (χ1) is 12.9. The van der Waals surface area contributed by atoms with Crippen LogP contribution in [0, 0.1) is 13.8 Å². The Hall–Kier alpha value is -1.74. The van der Waals surface area contributed by atoms with Crippen LogP contribution in [-0.4, -0.2) is 26.6 Å². The third-order valence-electron chi connectivity index (χ3n) is 4.06. The number of nitrogens with zero attached hydrogens (tertiary/aromatic N) is 1. The zero-order valence-electron chi connectivity index (χ0n) is 15.5. The molecular formula is C19H22N2O3S3. The van der Waals surface area contributed by atoms with Gasteiger partial charge in [-0.05, 0) is 62.4 Å². The fourth-order valence-corrected chi connectivity index (χ4v) is 5.42. The fourth-order valence-electron chi connectivity index (χ4n) is 2.69. The maximum absolute atomic E-state index is 12.9. The molecule has 1 N–H and O–H groups in total. The molecule has 0 unspecified atom stereocenters. The van der Waals surface area contributed by atoms with Crippen molar-refractivity contribution in [2.75, 3.05) is 13.2 Å². The molecule has 8 heteroatoms. The molecule has 0 fully saturated rings. The van der Waals surface area contributed by atoms with Crippen LogP contribution in [0.4, 0.5) is 0 Å². The van der Waals surface area contributed by atoms with Crippen molar-refractivity contribution in [2.24, 2.45) is 0 Å². The number of aromatic nitrogens is 1. The van der Waals surface area contributed by atoms with Gasteiger partial charge >= 0.3 is 0 Å². The van der Waals surface area contributed by atoms with Crippen molar-refractivity contribution in [2.45, 2.75) is 32.1 Å². The smallest absolute Gasteiger partial charge is 0.244 e. The zero-order chi connectivity index (χ0) is 19.4. The lowest BCUT2D eigenvalue weighted by atomic mass is 10.2. The van der Waals surface area contributed by atoms with E-state index in [4.69, 9.17) is 4.74 Å². The Morgan fingerprint density at radius 1 is 1.19 bits per heavy atom. The number of ether oxygens (including phenoxy) is 1. The molecule has 0 spiro atoms. The molecular weight excluding hydrogens is 400 g/mol. The van der Waals surface area contributed by atoms with Crippen LogP contribution < -0.4 is 9.46 Å². The normalized spacial score (nSPS) is 11.7. The van der Waals surface area contributed by atoms with Gasteiger partial charge in [-0.15, -0.1) is 22.7 Å². The van der Waals surface area contributed by atoms with Gasteiger partial charge in [0.1, 0.15) is 10.6 Å². The van der Waals surface area contributed by atoms with Crippen LogP contribution in [0.25, 0.3) is 11.3 Å². The molecule has 144 valence electrons. The van der Waals surface area contributed by atoms with E-state index < -0.39 is 10.0 Å². The molecule has 2 heterocycles. The van der Waals surface area contributed by atoms with E-state index in [1.807, 2.05) is 43.7 Å². The molecule has 0 saturated heterocycles. The van der Waals surface area contributed by atoms with E-state index in [0.29, 0.717) is 25.3 Å². The van der Waals surface area contributed by atoms with E-state index in [1.165, 1.54) is 21.8 Å². The van der Waals surface area contributed by atoms with Gasteiger partial charge in [0.2, 0.25) is 10.0 Å². The summed E-state index contributed by atoms with van der Waals surface area (Å²) in [5.41, 5.74) is 2.72. The highest BCUT2D eigenvalue weighted by atomic mass is 32.2. The number of thiazole rings is 1. The quantitative estimate of drug-likeness (QED) is 0.584. The van der Waals surface area contributed by atoms with E-state index in [1.54, 1.807) is 23.5 Å². The Morgan fingerprint density at radius 2 is 2.00 bits per heavy atom. The predicted molar refractivity (Wildman–Crippen MR) is 111 cm³/mol. The summed E-state index contributed by atoms with van der Waals surface area (Å²) in [7, 11) is -3.70. The lowest BCUT2D eigenvalue weighted by molar-refractivity contribution is 0.331. The number of hydrogen-bond donors (Lipinski definition) is 1. The minimum atomic E-state index is -3.70. The number of nitrogens with one attached hydrogen (secondary N) is 1. The van der Waals surface area contributed by atoms with E-state index in [9.17, 15) is 8.42 Å². The second-order valence-electron chi connectivity index (χ2n) is 6.02. The number of hydrogen-bond acceptors (Lipinski definition) is 6. The molecule has 27 heavy (non-hydrogen) atoms. The van der Waals surface area contributed by atoms with Gasteiger partial charge in [-0.2, -0.15) is 0 Å². The minimum absolute atomic E-state index is 0.149. The Balaban J connectivity index is 1.85. The van der Waals surface area contributed by atoms with Gasteiger partial charge in [-0.3, -0.25) is 0 Å². The van der Waals surface area contributed by atoms with Gasteiger partial charge in [-0.25, -0.2) is 18.1 Å². The first-order valence-corrected chi connectivity index (χ1v) is 11.9. The number of benzene rings is 1. The second kappa shape index (κ2) is 8.52.